The summed E-state index contributed by atoms with van der Waals surface area (Å²) < 4.78 is 13.4. The molecule has 1 fully saturated rings. The van der Waals surface area contributed by atoms with Crippen molar-refractivity contribution in [3.8, 4) is 0 Å². The normalized spacial score (nSPS) is 18.4. The van der Waals surface area contributed by atoms with Gasteiger partial charge in [0.15, 0.2) is 0 Å². The lowest BCUT2D eigenvalue weighted by molar-refractivity contribution is 0.0733. The third-order valence-corrected chi connectivity index (χ3v) is 3.66. The molecule has 1 unspecified atom stereocenters. The number of H-pyrrole nitrogens is 1. The highest BCUT2D eigenvalue weighted by Gasteiger charge is 2.31. The lowest BCUT2D eigenvalue weighted by Crippen LogP contribution is -2.30. The number of hydrogen-bond donors (Lipinski definition) is 2. The van der Waals surface area contributed by atoms with Crippen LogP contribution in [0.2, 0.25) is 0 Å². The first-order valence-corrected chi connectivity index (χ1v) is 6.65. The zero-order valence-electron chi connectivity index (χ0n) is 11.0. The number of halogens is 1. The summed E-state index contributed by atoms with van der Waals surface area (Å²) in [7, 11) is 0. The molecule has 2 heterocycles. The maximum absolute atomic E-state index is 13.4. The van der Waals surface area contributed by atoms with Gasteiger partial charge in [-0.15, -0.1) is 0 Å². The number of likely N-dealkylation sites (tertiary alicyclic amines) is 1. The van der Waals surface area contributed by atoms with Gasteiger partial charge < -0.3 is 15.6 Å². The average Bonchev–Trinajstić information content (AvgIpc) is 3.07. The van der Waals surface area contributed by atoms with Gasteiger partial charge in [0, 0.05) is 29.7 Å². The maximum Gasteiger partial charge on any atom is 0.254 e. The quantitative estimate of drug-likeness (QED) is 0.826. The standard InChI is InChI=1S/C15H16FN3O/c16-11-7-10(8-12(17)9-11)15(20)19-6-2-4-14(19)13-3-1-5-18-13/h1,3,5,7-9,14,18H,2,4,6,17H2. The number of hydrogen-bond acceptors (Lipinski definition) is 2. The van der Waals surface area contributed by atoms with E-state index in [1.165, 1.54) is 18.2 Å². The highest BCUT2D eigenvalue weighted by Crippen LogP contribution is 2.32. The number of anilines is 1. The molecule has 1 aromatic heterocycles. The number of rotatable bonds is 2. The van der Waals surface area contributed by atoms with Crippen LogP contribution in [0.1, 0.15) is 34.9 Å². The molecule has 1 atom stereocenters. The second kappa shape index (κ2) is 5.00. The first-order valence-electron chi connectivity index (χ1n) is 6.65. The molecule has 4 nitrogen and oxygen atoms in total. The van der Waals surface area contributed by atoms with Crippen molar-refractivity contribution in [2.45, 2.75) is 18.9 Å². The van der Waals surface area contributed by atoms with Crippen molar-refractivity contribution in [2.24, 2.45) is 0 Å². The van der Waals surface area contributed by atoms with E-state index in [2.05, 4.69) is 4.98 Å². The summed E-state index contributed by atoms with van der Waals surface area (Å²) in [6, 6.07) is 7.88. The van der Waals surface area contributed by atoms with Gasteiger partial charge in [0.25, 0.3) is 5.91 Å². The Balaban J connectivity index is 1.89. The molecule has 1 aromatic carbocycles. The topological polar surface area (TPSA) is 62.1 Å². The summed E-state index contributed by atoms with van der Waals surface area (Å²) in [5.74, 6) is -0.655. The molecule has 1 aliphatic rings. The van der Waals surface area contributed by atoms with Crippen LogP contribution in [0, 0.1) is 5.82 Å². The van der Waals surface area contributed by atoms with Crippen LogP contribution in [0.3, 0.4) is 0 Å². The van der Waals surface area contributed by atoms with Crippen molar-refractivity contribution >= 4 is 11.6 Å². The van der Waals surface area contributed by atoms with Gasteiger partial charge in [0.2, 0.25) is 0 Å². The van der Waals surface area contributed by atoms with Gasteiger partial charge in [-0.05, 0) is 43.2 Å². The Kier molecular flexibility index (Phi) is 3.18. The summed E-state index contributed by atoms with van der Waals surface area (Å²) in [5, 5.41) is 0. The smallest absolute Gasteiger partial charge is 0.254 e. The van der Waals surface area contributed by atoms with Crippen molar-refractivity contribution < 1.29 is 9.18 Å². The van der Waals surface area contributed by atoms with Crippen LogP contribution >= 0.6 is 0 Å². The van der Waals surface area contributed by atoms with E-state index in [1.54, 1.807) is 4.90 Å². The van der Waals surface area contributed by atoms with Gasteiger partial charge >= 0.3 is 0 Å². The van der Waals surface area contributed by atoms with Gasteiger partial charge in [0.05, 0.1) is 6.04 Å². The number of carbonyl (C=O) groups is 1. The van der Waals surface area contributed by atoms with Crippen LogP contribution in [0.4, 0.5) is 10.1 Å². The van der Waals surface area contributed by atoms with E-state index < -0.39 is 5.82 Å². The monoisotopic (exact) mass is 273 g/mol. The molecule has 0 radical (unpaired) electrons. The minimum atomic E-state index is -0.482. The van der Waals surface area contributed by atoms with Crippen LogP contribution in [0.15, 0.2) is 36.5 Å². The van der Waals surface area contributed by atoms with E-state index in [1.807, 2.05) is 18.3 Å². The summed E-state index contributed by atoms with van der Waals surface area (Å²) in [4.78, 5) is 17.5. The number of benzene rings is 1. The highest BCUT2D eigenvalue weighted by molar-refractivity contribution is 5.95. The third kappa shape index (κ3) is 2.27. The number of amides is 1. The number of carbonyl (C=O) groups excluding carboxylic acids is 1. The van der Waals surface area contributed by atoms with Crippen molar-refractivity contribution in [3.05, 3.63) is 53.6 Å². The number of aromatic nitrogens is 1. The van der Waals surface area contributed by atoms with Gasteiger partial charge in [0.1, 0.15) is 5.82 Å². The highest BCUT2D eigenvalue weighted by atomic mass is 19.1. The van der Waals surface area contributed by atoms with E-state index in [0.717, 1.165) is 18.5 Å². The Hall–Kier alpha value is -2.30. The predicted octanol–water partition coefficient (Wildman–Crippen LogP) is 2.71. The molecule has 20 heavy (non-hydrogen) atoms. The van der Waals surface area contributed by atoms with Crippen LogP contribution in [0.5, 0.6) is 0 Å². The zero-order valence-corrected chi connectivity index (χ0v) is 11.0. The summed E-state index contributed by atoms with van der Waals surface area (Å²) in [6.07, 6.45) is 3.70. The Morgan fingerprint density at radius 2 is 2.25 bits per heavy atom. The fourth-order valence-electron chi connectivity index (χ4n) is 2.79. The van der Waals surface area contributed by atoms with E-state index >= 15 is 0 Å². The van der Waals surface area contributed by atoms with Gasteiger partial charge in [-0.25, -0.2) is 4.39 Å². The molecule has 104 valence electrons. The Morgan fingerprint density at radius 1 is 1.40 bits per heavy atom. The van der Waals surface area contributed by atoms with E-state index in [9.17, 15) is 9.18 Å². The Labute approximate surface area is 116 Å². The molecule has 1 aliphatic heterocycles. The largest absolute Gasteiger partial charge is 0.399 e. The maximum atomic E-state index is 13.4. The van der Waals surface area contributed by atoms with E-state index in [4.69, 9.17) is 5.73 Å². The average molecular weight is 273 g/mol. The molecule has 0 spiro atoms. The molecule has 3 rings (SSSR count). The number of nitrogens with zero attached hydrogens (tertiary/aromatic N) is 1. The molecule has 2 aromatic rings. The first kappa shape index (κ1) is 12.7. The molecule has 3 N–H and O–H groups in total. The number of nitrogen functional groups attached to an aromatic ring is 1. The molecule has 0 bridgehead atoms. The molecule has 0 saturated carbocycles. The molecular weight excluding hydrogens is 257 g/mol. The van der Waals surface area contributed by atoms with Gasteiger partial charge in [-0.3, -0.25) is 4.79 Å². The van der Waals surface area contributed by atoms with E-state index in [0.29, 0.717) is 12.1 Å². The summed E-state index contributed by atoms with van der Waals surface area (Å²) in [6.45, 7) is 0.680. The summed E-state index contributed by atoms with van der Waals surface area (Å²) >= 11 is 0. The number of nitrogens with one attached hydrogen (secondary N) is 1. The SMILES string of the molecule is Nc1cc(F)cc(C(=O)N2CCCC2c2ccc[nH]2)c1. The fourth-order valence-corrected chi connectivity index (χ4v) is 2.79. The Morgan fingerprint density at radius 3 is 2.95 bits per heavy atom. The lowest BCUT2D eigenvalue weighted by Gasteiger charge is -2.24. The summed E-state index contributed by atoms with van der Waals surface area (Å²) in [5.41, 5.74) is 7.20. The van der Waals surface area contributed by atoms with Gasteiger partial charge in [-0.1, -0.05) is 0 Å². The van der Waals surface area contributed by atoms with Crippen LogP contribution in [-0.4, -0.2) is 22.3 Å². The second-order valence-corrected chi connectivity index (χ2v) is 5.06. The molecule has 1 amide bonds. The molecular formula is C15H16FN3O. The minimum Gasteiger partial charge on any atom is -0.399 e. The zero-order chi connectivity index (χ0) is 14.1. The van der Waals surface area contributed by atoms with Crippen LogP contribution in [0.25, 0.3) is 0 Å². The first-order chi connectivity index (χ1) is 9.65. The van der Waals surface area contributed by atoms with Crippen molar-refractivity contribution in [2.75, 3.05) is 12.3 Å². The van der Waals surface area contributed by atoms with Crippen molar-refractivity contribution in [1.29, 1.82) is 0 Å². The lowest BCUT2D eigenvalue weighted by atomic mass is 10.1. The molecule has 5 heteroatoms. The van der Waals surface area contributed by atoms with E-state index in [-0.39, 0.29) is 17.6 Å². The molecule has 0 aliphatic carbocycles. The Bertz CT molecular complexity index is 604. The van der Waals surface area contributed by atoms with Crippen LogP contribution in [-0.2, 0) is 0 Å². The van der Waals surface area contributed by atoms with Crippen LogP contribution < -0.4 is 5.73 Å². The van der Waals surface area contributed by atoms with Crippen molar-refractivity contribution in [1.82, 2.24) is 9.88 Å². The second-order valence-electron chi connectivity index (χ2n) is 5.06. The fraction of sp³-hybridized carbons (Fsp3) is 0.267. The molecule has 1 saturated heterocycles. The van der Waals surface area contributed by atoms with Crippen molar-refractivity contribution in [3.63, 3.8) is 0 Å². The minimum absolute atomic E-state index is 0.0296. The number of nitrogens with two attached hydrogens (primary N) is 1. The predicted molar refractivity (Wildman–Crippen MR) is 74.6 cm³/mol. The third-order valence-electron chi connectivity index (χ3n) is 3.66. The number of aromatic amines is 1. The van der Waals surface area contributed by atoms with Gasteiger partial charge in [-0.2, -0.15) is 0 Å².